The third-order valence-electron chi connectivity index (χ3n) is 2.37. The summed E-state index contributed by atoms with van der Waals surface area (Å²) in [6, 6.07) is 7.38. The zero-order chi connectivity index (χ0) is 13.0. The summed E-state index contributed by atoms with van der Waals surface area (Å²) >= 11 is 7.61. The second-order valence-corrected chi connectivity index (χ2v) is 5.74. The van der Waals surface area contributed by atoms with Crippen LogP contribution in [0.2, 0.25) is 5.02 Å². The van der Waals surface area contributed by atoms with E-state index < -0.39 is 0 Å². The first-order valence-corrected chi connectivity index (χ1v) is 7.02. The Morgan fingerprint density at radius 1 is 1.50 bits per heavy atom. The Morgan fingerprint density at radius 3 is 3.06 bits per heavy atom. The number of halogens is 1. The minimum absolute atomic E-state index is 0.381. The van der Waals surface area contributed by atoms with Crippen molar-refractivity contribution in [3.05, 3.63) is 35.2 Å². The average Bonchev–Trinajstić information content (AvgIpc) is 2.84. The Hall–Kier alpha value is -1.04. The number of nitrogens with two attached hydrogens (primary N) is 1. The zero-order valence-corrected chi connectivity index (χ0v) is 11.5. The lowest BCUT2D eigenvalue weighted by Gasteiger charge is -2.03. The molecule has 1 aromatic heterocycles. The lowest BCUT2D eigenvalue weighted by molar-refractivity contribution is 0.391. The van der Waals surface area contributed by atoms with Gasteiger partial charge in [-0.2, -0.15) is 4.98 Å². The molecule has 1 atom stereocenters. The van der Waals surface area contributed by atoms with Crippen LogP contribution in [0.1, 0.15) is 12.8 Å². The predicted molar refractivity (Wildman–Crippen MR) is 74.6 cm³/mol. The minimum Gasteiger partial charge on any atom is -0.338 e. The highest BCUT2D eigenvalue weighted by atomic mass is 35.5. The molecule has 96 valence electrons. The van der Waals surface area contributed by atoms with Crippen LogP contribution in [0.3, 0.4) is 0 Å². The molecule has 18 heavy (non-hydrogen) atoms. The van der Waals surface area contributed by atoms with Gasteiger partial charge < -0.3 is 10.3 Å². The van der Waals surface area contributed by atoms with Crippen molar-refractivity contribution in [2.45, 2.75) is 17.9 Å². The van der Waals surface area contributed by atoms with Crippen molar-refractivity contribution in [1.29, 1.82) is 0 Å². The summed E-state index contributed by atoms with van der Waals surface area (Å²) < 4.78 is 5.19. The van der Waals surface area contributed by atoms with Crippen molar-refractivity contribution >= 4 is 23.4 Å². The Labute approximate surface area is 115 Å². The van der Waals surface area contributed by atoms with Crippen LogP contribution < -0.4 is 5.73 Å². The third kappa shape index (κ3) is 3.48. The van der Waals surface area contributed by atoms with Crippen molar-refractivity contribution < 1.29 is 4.52 Å². The number of hydrogen-bond donors (Lipinski definition) is 1. The second kappa shape index (κ2) is 6.22. The maximum absolute atomic E-state index is 5.92. The van der Waals surface area contributed by atoms with Crippen LogP contribution in [-0.2, 0) is 5.75 Å². The minimum atomic E-state index is 0.381. The smallest absolute Gasteiger partial charge is 0.236 e. The number of hydrogen-bond acceptors (Lipinski definition) is 5. The molecule has 2 rings (SSSR count). The molecule has 0 spiro atoms. The van der Waals surface area contributed by atoms with Crippen molar-refractivity contribution in [3.8, 4) is 11.4 Å². The SMILES string of the molecule is CC(CN)SCc1nc(-c2cccc(Cl)c2)no1. The van der Waals surface area contributed by atoms with Gasteiger partial charge in [0, 0.05) is 22.4 Å². The van der Waals surface area contributed by atoms with E-state index in [1.54, 1.807) is 11.8 Å². The highest BCUT2D eigenvalue weighted by Gasteiger charge is 2.10. The van der Waals surface area contributed by atoms with E-state index in [1.165, 1.54) is 0 Å². The Balaban J connectivity index is 2.06. The van der Waals surface area contributed by atoms with Gasteiger partial charge in [-0.3, -0.25) is 0 Å². The first-order valence-electron chi connectivity index (χ1n) is 5.59. The lowest BCUT2D eigenvalue weighted by Crippen LogP contribution is -2.12. The topological polar surface area (TPSA) is 64.9 Å². The van der Waals surface area contributed by atoms with E-state index in [-0.39, 0.29) is 0 Å². The molecule has 1 unspecified atom stereocenters. The van der Waals surface area contributed by atoms with Gasteiger partial charge in [0.1, 0.15) is 0 Å². The number of thioether (sulfide) groups is 1. The standard InChI is InChI=1S/C12H14ClN3OS/c1-8(6-14)18-7-11-15-12(16-17-11)9-3-2-4-10(13)5-9/h2-5,8H,6-7,14H2,1H3. The average molecular weight is 284 g/mol. The van der Waals surface area contributed by atoms with Crippen molar-refractivity contribution in [2.24, 2.45) is 5.73 Å². The first-order chi connectivity index (χ1) is 8.69. The maximum atomic E-state index is 5.92. The summed E-state index contributed by atoms with van der Waals surface area (Å²) in [4.78, 5) is 4.33. The molecule has 0 aliphatic carbocycles. The van der Waals surface area contributed by atoms with E-state index in [4.69, 9.17) is 21.9 Å². The molecule has 0 bridgehead atoms. The van der Waals surface area contributed by atoms with E-state index >= 15 is 0 Å². The lowest BCUT2D eigenvalue weighted by atomic mass is 10.2. The van der Waals surface area contributed by atoms with E-state index in [0.29, 0.717) is 34.3 Å². The normalized spacial score (nSPS) is 12.6. The number of aromatic nitrogens is 2. The van der Waals surface area contributed by atoms with E-state index in [2.05, 4.69) is 17.1 Å². The molecule has 1 aromatic carbocycles. The highest BCUT2D eigenvalue weighted by molar-refractivity contribution is 7.99. The molecule has 0 aliphatic rings. The van der Waals surface area contributed by atoms with Crippen LogP contribution in [0.25, 0.3) is 11.4 Å². The second-order valence-electron chi connectivity index (χ2n) is 3.88. The Bertz CT molecular complexity index is 518. The number of rotatable bonds is 5. The molecular formula is C12H14ClN3OS. The fourth-order valence-electron chi connectivity index (χ4n) is 1.34. The summed E-state index contributed by atoms with van der Waals surface area (Å²) in [6.07, 6.45) is 0. The van der Waals surface area contributed by atoms with Gasteiger partial charge in [0.25, 0.3) is 0 Å². The molecule has 0 aliphatic heterocycles. The fourth-order valence-corrected chi connectivity index (χ4v) is 2.21. The molecule has 2 N–H and O–H groups in total. The van der Waals surface area contributed by atoms with Crippen molar-refractivity contribution in [1.82, 2.24) is 10.1 Å². The van der Waals surface area contributed by atoms with E-state index in [0.717, 1.165) is 5.56 Å². The van der Waals surface area contributed by atoms with Gasteiger partial charge >= 0.3 is 0 Å². The summed E-state index contributed by atoms with van der Waals surface area (Å²) in [5.41, 5.74) is 6.40. The van der Waals surface area contributed by atoms with Gasteiger partial charge in [0.05, 0.1) is 5.75 Å². The zero-order valence-electron chi connectivity index (χ0n) is 9.97. The Morgan fingerprint density at radius 2 is 2.33 bits per heavy atom. The van der Waals surface area contributed by atoms with Crippen LogP contribution >= 0.6 is 23.4 Å². The van der Waals surface area contributed by atoms with Crippen LogP contribution in [-0.4, -0.2) is 21.9 Å². The van der Waals surface area contributed by atoms with Crippen molar-refractivity contribution in [2.75, 3.05) is 6.54 Å². The molecule has 4 nitrogen and oxygen atoms in total. The Kier molecular flexibility index (Phi) is 4.63. The van der Waals surface area contributed by atoms with Crippen LogP contribution in [0, 0.1) is 0 Å². The van der Waals surface area contributed by atoms with Crippen LogP contribution in [0.15, 0.2) is 28.8 Å². The monoisotopic (exact) mass is 283 g/mol. The molecular weight excluding hydrogens is 270 g/mol. The van der Waals surface area contributed by atoms with E-state index in [1.807, 2.05) is 24.3 Å². The molecule has 0 saturated heterocycles. The molecule has 2 aromatic rings. The first kappa shape index (κ1) is 13.4. The summed E-state index contributed by atoms with van der Waals surface area (Å²) in [7, 11) is 0. The van der Waals surface area contributed by atoms with Gasteiger partial charge in [-0.15, -0.1) is 11.8 Å². The molecule has 1 heterocycles. The molecule has 6 heteroatoms. The summed E-state index contributed by atoms with van der Waals surface area (Å²) in [6.45, 7) is 2.71. The van der Waals surface area contributed by atoms with Crippen LogP contribution in [0.5, 0.6) is 0 Å². The fraction of sp³-hybridized carbons (Fsp3) is 0.333. The van der Waals surface area contributed by atoms with Gasteiger partial charge in [-0.25, -0.2) is 0 Å². The van der Waals surface area contributed by atoms with Crippen molar-refractivity contribution in [3.63, 3.8) is 0 Å². The molecule has 0 amide bonds. The highest BCUT2D eigenvalue weighted by Crippen LogP contribution is 2.22. The largest absolute Gasteiger partial charge is 0.338 e. The molecule has 0 radical (unpaired) electrons. The van der Waals surface area contributed by atoms with Gasteiger partial charge in [-0.1, -0.05) is 35.8 Å². The maximum Gasteiger partial charge on any atom is 0.236 e. The van der Waals surface area contributed by atoms with Gasteiger partial charge in [-0.05, 0) is 12.1 Å². The van der Waals surface area contributed by atoms with Gasteiger partial charge in [0.15, 0.2) is 0 Å². The van der Waals surface area contributed by atoms with E-state index in [9.17, 15) is 0 Å². The third-order valence-corrected chi connectivity index (χ3v) is 3.78. The summed E-state index contributed by atoms with van der Waals surface area (Å²) in [5.74, 6) is 1.84. The number of nitrogens with zero attached hydrogens (tertiary/aromatic N) is 2. The number of benzene rings is 1. The molecule has 0 fully saturated rings. The quantitative estimate of drug-likeness (QED) is 0.914. The van der Waals surface area contributed by atoms with Gasteiger partial charge in [0.2, 0.25) is 11.7 Å². The predicted octanol–water partition coefficient (Wildman–Crippen LogP) is 2.97. The summed E-state index contributed by atoms with van der Waals surface area (Å²) in [5, 5.41) is 4.98. The van der Waals surface area contributed by atoms with Crippen LogP contribution in [0.4, 0.5) is 0 Å². The molecule has 0 saturated carbocycles.